The fourth-order valence-electron chi connectivity index (χ4n) is 0.725. The van der Waals surface area contributed by atoms with Crippen molar-refractivity contribution in [3.05, 3.63) is 24.7 Å². The molecule has 11 heavy (non-hydrogen) atoms. The van der Waals surface area contributed by atoms with E-state index in [2.05, 4.69) is 20.2 Å². The molecule has 0 radical (unpaired) electrons. The monoisotopic (exact) mass is 168 g/mol. The Morgan fingerprint density at radius 2 is 2.09 bits per heavy atom. The van der Waals surface area contributed by atoms with Crippen LogP contribution in [0.3, 0.4) is 0 Å². The Morgan fingerprint density at radius 1 is 1.18 bits per heavy atom. The van der Waals surface area contributed by atoms with Crippen LogP contribution >= 0.6 is 12.4 Å². The van der Waals surface area contributed by atoms with Crippen LogP contribution < -0.4 is 0 Å². The number of imidazole rings is 1. The van der Waals surface area contributed by atoms with Crippen LogP contribution in [0.25, 0.3) is 11.5 Å². The third kappa shape index (κ3) is 1.40. The zero-order valence-corrected chi connectivity index (χ0v) is 6.32. The van der Waals surface area contributed by atoms with Crippen LogP contribution in [0.2, 0.25) is 0 Å². The topological polar surface area (TPSA) is 51.6 Å². The number of fused-ring (bicyclic) bond motifs is 1. The van der Waals surface area contributed by atoms with Crippen molar-refractivity contribution in [1.82, 2.24) is 20.2 Å². The van der Waals surface area contributed by atoms with E-state index in [9.17, 15) is 0 Å². The molecule has 0 unspecified atom stereocenters. The molecule has 0 saturated heterocycles. The molecule has 2 aliphatic heterocycles. The van der Waals surface area contributed by atoms with Crippen LogP contribution in [0, 0.1) is 0 Å². The lowest BCUT2D eigenvalue weighted by Crippen LogP contribution is -1.78. The van der Waals surface area contributed by atoms with Gasteiger partial charge < -0.3 is 0 Å². The smallest absolute Gasteiger partial charge is 0.201 e. The molecule has 0 aromatic heterocycles. The summed E-state index contributed by atoms with van der Waals surface area (Å²) in [7, 11) is 0. The van der Waals surface area contributed by atoms with Crippen LogP contribution in [0.5, 0.6) is 0 Å². The maximum atomic E-state index is 3.95. The zero-order valence-electron chi connectivity index (χ0n) is 5.51. The standard InChI is InChI=1S/C6H4N4.ClH/c1-2-5-6(8-4-7-5)10-9-3-1;/h1-4H;1H. The van der Waals surface area contributed by atoms with Crippen molar-refractivity contribution in [3.63, 3.8) is 0 Å². The molecular weight excluding hydrogens is 164 g/mol. The summed E-state index contributed by atoms with van der Waals surface area (Å²) in [4.78, 5) is 7.82. The fraction of sp³-hybridized carbons (Fsp3) is 0. The van der Waals surface area contributed by atoms with Crippen molar-refractivity contribution in [2.24, 2.45) is 0 Å². The van der Waals surface area contributed by atoms with E-state index in [1.807, 2.05) is 6.07 Å². The van der Waals surface area contributed by atoms with E-state index in [1.54, 1.807) is 12.3 Å². The average Bonchev–Trinajstić information content (AvgIpc) is 2.28. The lowest BCUT2D eigenvalue weighted by Gasteiger charge is -1.78. The van der Waals surface area contributed by atoms with Crippen molar-refractivity contribution in [2.45, 2.75) is 0 Å². The third-order valence-corrected chi connectivity index (χ3v) is 1.17. The van der Waals surface area contributed by atoms with Crippen LogP contribution in [0.1, 0.15) is 0 Å². The van der Waals surface area contributed by atoms with Crippen molar-refractivity contribution in [2.75, 3.05) is 0 Å². The molecule has 0 atom stereocenters. The van der Waals surface area contributed by atoms with Gasteiger partial charge in [0.25, 0.3) is 0 Å². The van der Waals surface area contributed by atoms with E-state index in [-0.39, 0.29) is 12.4 Å². The minimum atomic E-state index is 0. The highest BCUT2D eigenvalue weighted by Gasteiger charge is 2.01. The Labute approximate surface area is 69.5 Å². The van der Waals surface area contributed by atoms with Crippen LogP contribution in [-0.4, -0.2) is 20.2 Å². The highest BCUT2D eigenvalue weighted by Crippen LogP contribution is 2.08. The van der Waals surface area contributed by atoms with Crippen molar-refractivity contribution in [1.29, 1.82) is 0 Å². The number of aromatic nitrogens is 4. The first-order chi connectivity index (χ1) is 4.97. The maximum Gasteiger partial charge on any atom is 0.201 e. The second kappa shape index (κ2) is 3.21. The maximum absolute atomic E-state index is 3.95. The van der Waals surface area contributed by atoms with Gasteiger partial charge in [0.05, 0.1) is 0 Å². The third-order valence-electron chi connectivity index (χ3n) is 1.17. The quantitative estimate of drug-likeness (QED) is 0.584. The van der Waals surface area contributed by atoms with E-state index in [0.717, 1.165) is 5.69 Å². The molecule has 0 spiro atoms. The second-order valence-corrected chi connectivity index (χ2v) is 1.81. The minimum Gasteiger partial charge on any atom is -0.233 e. The number of nitrogens with zero attached hydrogens (tertiary/aromatic N) is 4. The van der Waals surface area contributed by atoms with Gasteiger partial charge in [0.2, 0.25) is 5.82 Å². The van der Waals surface area contributed by atoms with Gasteiger partial charge in [-0.05, 0) is 12.1 Å². The highest BCUT2D eigenvalue weighted by atomic mass is 35.5. The molecule has 0 fully saturated rings. The molecule has 0 amide bonds. The molecule has 56 valence electrons. The molecule has 5 heteroatoms. The van der Waals surface area contributed by atoms with Gasteiger partial charge in [0, 0.05) is 6.20 Å². The van der Waals surface area contributed by atoms with Crippen LogP contribution in [-0.2, 0) is 0 Å². The molecular formula is C6H5ClN4. The molecule has 0 bridgehead atoms. The molecule has 0 aromatic rings. The van der Waals surface area contributed by atoms with Gasteiger partial charge in [-0.25, -0.2) is 9.97 Å². The molecule has 2 aliphatic rings. The molecule has 0 N–H and O–H groups in total. The van der Waals surface area contributed by atoms with Gasteiger partial charge in [0.1, 0.15) is 12.0 Å². The Hall–Kier alpha value is -1.29. The number of hydrogen-bond donors (Lipinski definition) is 0. The number of rotatable bonds is 0. The summed E-state index contributed by atoms with van der Waals surface area (Å²) in [5, 5.41) is 7.48. The summed E-state index contributed by atoms with van der Waals surface area (Å²) in [6, 6.07) is 3.60. The summed E-state index contributed by atoms with van der Waals surface area (Å²) >= 11 is 0. The van der Waals surface area contributed by atoms with Gasteiger partial charge in [-0.2, -0.15) is 5.10 Å². The molecule has 0 aliphatic carbocycles. The predicted octanol–water partition coefficient (Wildman–Crippen LogP) is 0.793. The highest BCUT2D eigenvalue weighted by molar-refractivity contribution is 5.85. The number of halogens is 1. The van der Waals surface area contributed by atoms with Crippen molar-refractivity contribution >= 4 is 12.4 Å². The van der Waals surface area contributed by atoms with Gasteiger partial charge >= 0.3 is 0 Å². The SMILES string of the molecule is Cl.c1cnnc2ncnc-2c1. The lowest BCUT2D eigenvalue weighted by atomic mass is 10.4. The predicted molar refractivity (Wildman–Crippen MR) is 41.5 cm³/mol. The summed E-state index contributed by atoms with van der Waals surface area (Å²) in [6.07, 6.45) is 3.07. The minimum absolute atomic E-state index is 0. The summed E-state index contributed by atoms with van der Waals surface area (Å²) < 4.78 is 0. The second-order valence-electron chi connectivity index (χ2n) is 1.81. The first-order valence-corrected chi connectivity index (χ1v) is 2.85. The normalized spacial score (nSPS) is 9.09. The van der Waals surface area contributed by atoms with E-state index < -0.39 is 0 Å². The van der Waals surface area contributed by atoms with Gasteiger partial charge in [0.15, 0.2) is 0 Å². The van der Waals surface area contributed by atoms with Crippen LogP contribution in [0.15, 0.2) is 24.7 Å². The van der Waals surface area contributed by atoms with E-state index in [0.29, 0.717) is 5.82 Å². The zero-order chi connectivity index (χ0) is 6.81. The van der Waals surface area contributed by atoms with Gasteiger partial charge in [-0.1, -0.05) is 0 Å². The Balaban J connectivity index is 0.000000605. The van der Waals surface area contributed by atoms with Gasteiger partial charge in [-0.3, -0.25) is 0 Å². The first kappa shape index (κ1) is 7.81. The Bertz CT molecular complexity index is 285. The Morgan fingerprint density at radius 3 is 3.00 bits per heavy atom. The van der Waals surface area contributed by atoms with Crippen molar-refractivity contribution < 1.29 is 0 Å². The van der Waals surface area contributed by atoms with E-state index in [1.165, 1.54) is 6.33 Å². The molecule has 2 rings (SSSR count). The Kier molecular flexibility index (Phi) is 2.28. The molecule has 2 heterocycles. The van der Waals surface area contributed by atoms with Gasteiger partial charge in [-0.15, -0.1) is 17.5 Å². The average molecular weight is 169 g/mol. The lowest BCUT2D eigenvalue weighted by molar-refractivity contribution is 1.03. The summed E-state index contributed by atoms with van der Waals surface area (Å²) in [6.45, 7) is 0. The largest absolute Gasteiger partial charge is 0.233 e. The molecule has 4 nitrogen and oxygen atoms in total. The van der Waals surface area contributed by atoms with Crippen LogP contribution in [0.4, 0.5) is 0 Å². The molecule has 0 aromatic carbocycles. The van der Waals surface area contributed by atoms with Crippen molar-refractivity contribution in [3.8, 4) is 11.5 Å². The first-order valence-electron chi connectivity index (χ1n) is 2.85. The summed E-state index contributed by atoms with van der Waals surface area (Å²) in [5.41, 5.74) is 0.775. The summed E-state index contributed by atoms with van der Waals surface area (Å²) in [5.74, 6) is 0.588. The molecule has 0 saturated carbocycles. The number of hydrogen-bond acceptors (Lipinski definition) is 4. The van der Waals surface area contributed by atoms with E-state index >= 15 is 0 Å². The fourth-order valence-corrected chi connectivity index (χ4v) is 0.725. The van der Waals surface area contributed by atoms with E-state index in [4.69, 9.17) is 0 Å².